The van der Waals surface area contributed by atoms with Crippen LogP contribution in [0.5, 0.6) is 0 Å². The highest BCUT2D eigenvalue weighted by Crippen LogP contribution is 2.37. The van der Waals surface area contributed by atoms with E-state index in [2.05, 4.69) is 0 Å². The van der Waals surface area contributed by atoms with E-state index < -0.39 is 40.5 Å². The fourth-order valence-corrected chi connectivity index (χ4v) is 6.60. The molecule has 0 saturated carbocycles. The lowest BCUT2D eigenvalue weighted by atomic mass is 10.00. The van der Waals surface area contributed by atoms with Gasteiger partial charge in [-0.2, -0.15) is 0 Å². The van der Waals surface area contributed by atoms with E-state index in [1.807, 2.05) is 24.3 Å². The number of anilines is 1. The van der Waals surface area contributed by atoms with Crippen molar-refractivity contribution < 1.29 is 28.4 Å². The van der Waals surface area contributed by atoms with Gasteiger partial charge in [-0.15, -0.1) is 0 Å². The number of carbonyl (C=O) groups is 2. The van der Waals surface area contributed by atoms with E-state index in [1.54, 1.807) is 47.1 Å². The maximum Gasteiger partial charge on any atom is 0.418 e. The summed E-state index contributed by atoms with van der Waals surface area (Å²) in [5.74, 6) is -1.06. The molecule has 14 heteroatoms. The van der Waals surface area contributed by atoms with Crippen LogP contribution >= 0.6 is 11.6 Å². The summed E-state index contributed by atoms with van der Waals surface area (Å²) in [5, 5.41) is 22.3. The third-order valence-electron chi connectivity index (χ3n) is 8.36. The Morgan fingerprint density at radius 3 is 2.56 bits per heavy atom. The van der Waals surface area contributed by atoms with Gasteiger partial charge >= 0.3 is 12.1 Å². The summed E-state index contributed by atoms with van der Waals surface area (Å²) in [6.07, 6.45) is 0.621. The summed E-state index contributed by atoms with van der Waals surface area (Å²) < 4.78 is 31.0. The number of nitro groups is 1. The standard InChI is InChI=1S/C34H34ClFN6O6/c1-20(43)47-31-19-38(29-16-22(35)8-10-27(29)42(45)46)14-13-28(31)41-30-17-23(36)9-11-26(30)40(32(41)37)18-21-6-5-7-25-24(21)12-15-39(25)33(44)48-34(2,3)4/h5-12,15-17,28,31,37H,13-14,18-19H2,1-4H3. The minimum absolute atomic E-state index is 0.0449. The molecule has 3 heterocycles. The quantitative estimate of drug-likeness (QED) is 0.119. The fourth-order valence-electron chi connectivity index (χ4n) is 6.43. The van der Waals surface area contributed by atoms with Crippen LogP contribution < -0.4 is 10.5 Å². The van der Waals surface area contributed by atoms with Crippen LogP contribution in [0.4, 0.5) is 20.6 Å². The highest BCUT2D eigenvalue weighted by molar-refractivity contribution is 6.31. The lowest BCUT2D eigenvalue weighted by Gasteiger charge is -2.39. The van der Waals surface area contributed by atoms with Crippen LogP contribution in [0.15, 0.2) is 66.9 Å². The first-order chi connectivity index (χ1) is 22.7. The molecule has 1 saturated heterocycles. The average Bonchev–Trinajstić information content (AvgIpc) is 3.55. The van der Waals surface area contributed by atoms with Crippen molar-refractivity contribution in [3.05, 3.63) is 99.0 Å². The Labute approximate surface area is 279 Å². The number of halogens is 2. The van der Waals surface area contributed by atoms with Crippen molar-refractivity contribution in [2.24, 2.45) is 0 Å². The predicted molar refractivity (Wildman–Crippen MR) is 178 cm³/mol. The maximum atomic E-state index is 14.8. The van der Waals surface area contributed by atoms with Crippen molar-refractivity contribution in [2.45, 2.75) is 58.4 Å². The molecule has 3 aromatic carbocycles. The number of hydrogen-bond acceptors (Lipinski definition) is 8. The third kappa shape index (κ3) is 6.25. The Morgan fingerprint density at radius 1 is 1.08 bits per heavy atom. The van der Waals surface area contributed by atoms with Gasteiger partial charge in [0.25, 0.3) is 5.69 Å². The molecule has 1 aliphatic rings. The van der Waals surface area contributed by atoms with E-state index in [-0.39, 0.29) is 24.4 Å². The molecule has 0 bridgehead atoms. The van der Waals surface area contributed by atoms with Gasteiger partial charge in [-0.1, -0.05) is 23.7 Å². The maximum absolute atomic E-state index is 14.8. The van der Waals surface area contributed by atoms with Gasteiger partial charge in [0.15, 0.2) is 0 Å². The number of rotatable bonds is 6. The summed E-state index contributed by atoms with van der Waals surface area (Å²) in [4.78, 5) is 38.3. The smallest absolute Gasteiger partial charge is 0.418 e. The second-order valence-corrected chi connectivity index (χ2v) is 13.2. The molecule has 48 heavy (non-hydrogen) atoms. The van der Waals surface area contributed by atoms with E-state index in [0.717, 1.165) is 10.9 Å². The summed E-state index contributed by atoms with van der Waals surface area (Å²) in [6, 6.07) is 15.3. The zero-order valence-corrected chi connectivity index (χ0v) is 27.5. The van der Waals surface area contributed by atoms with Gasteiger partial charge in [-0.25, -0.2) is 9.18 Å². The van der Waals surface area contributed by atoms with E-state index in [9.17, 15) is 29.5 Å². The van der Waals surface area contributed by atoms with Gasteiger partial charge in [0.05, 0.1) is 40.6 Å². The van der Waals surface area contributed by atoms with Gasteiger partial charge in [-0.05, 0) is 75.2 Å². The monoisotopic (exact) mass is 676 g/mol. The minimum Gasteiger partial charge on any atom is -0.458 e. The molecule has 1 aliphatic heterocycles. The molecule has 0 radical (unpaired) electrons. The van der Waals surface area contributed by atoms with Gasteiger partial charge in [-0.3, -0.25) is 24.9 Å². The molecular weight excluding hydrogens is 643 g/mol. The fraction of sp³-hybridized carbons (Fsp3) is 0.324. The van der Waals surface area contributed by atoms with Crippen LogP contribution in [-0.4, -0.2) is 55.5 Å². The zero-order valence-electron chi connectivity index (χ0n) is 26.8. The van der Waals surface area contributed by atoms with Crippen LogP contribution in [0.2, 0.25) is 5.02 Å². The van der Waals surface area contributed by atoms with Crippen molar-refractivity contribution in [1.82, 2.24) is 13.7 Å². The van der Waals surface area contributed by atoms with Crippen molar-refractivity contribution in [2.75, 3.05) is 18.0 Å². The molecule has 1 fully saturated rings. The molecule has 2 unspecified atom stereocenters. The zero-order chi connectivity index (χ0) is 34.5. The van der Waals surface area contributed by atoms with E-state index >= 15 is 0 Å². The van der Waals surface area contributed by atoms with Gasteiger partial charge in [0, 0.05) is 36.1 Å². The Hall–Kier alpha value is -5.17. The minimum atomic E-state index is -0.836. The Kier molecular flexibility index (Phi) is 8.50. The second-order valence-electron chi connectivity index (χ2n) is 12.8. The largest absolute Gasteiger partial charge is 0.458 e. The van der Waals surface area contributed by atoms with Crippen molar-refractivity contribution in [3.8, 4) is 0 Å². The number of nitro benzene ring substituents is 1. The number of carbonyl (C=O) groups excluding carboxylic acids is 2. The molecule has 5 aromatic rings. The van der Waals surface area contributed by atoms with Crippen LogP contribution in [-0.2, 0) is 20.8 Å². The number of ether oxygens (including phenoxy) is 2. The Bertz CT molecular complexity index is 2150. The summed E-state index contributed by atoms with van der Waals surface area (Å²) in [5.41, 5.74) is 1.99. The Balaban J connectivity index is 1.41. The number of piperidine rings is 1. The molecule has 0 amide bonds. The molecular formula is C34H34ClFN6O6. The number of esters is 1. The van der Waals surface area contributed by atoms with E-state index in [0.29, 0.717) is 40.2 Å². The van der Waals surface area contributed by atoms with Crippen molar-refractivity contribution in [3.63, 3.8) is 0 Å². The topological polar surface area (TPSA) is 138 Å². The second kappa shape index (κ2) is 12.5. The Morgan fingerprint density at radius 2 is 1.85 bits per heavy atom. The molecule has 12 nitrogen and oxygen atoms in total. The first kappa shape index (κ1) is 32.8. The van der Waals surface area contributed by atoms with Gasteiger partial charge in [0.2, 0.25) is 5.62 Å². The van der Waals surface area contributed by atoms with Gasteiger partial charge < -0.3 is 23.5 Å². The summed E-state index contributed by atoms with van der Waals surface area (Å²) >= 11 is 6.21. The number of fused-ring (bicyclic) bond motifs is 2. The molecule has 250 valence electrons. The summed E-state index contributed by atoms with van der Waals surface area (Å²) in [7, 11) is 0. The van der Waals surface area contributed by atoms with Gasteiger partial charge in [0.1, 0.15) is 23.2 Å². The molecule has 1 N–H and O–H groups in total. The predicted octanol–water partition coefficient (Wildman–Crippen LogP) is 6.79. The number of nitrogens with one attached hydrogen (secondary N) is 1. The molecule has 6 rings (SSSR count). The highest BCUT2D eigenvalue weighted by Gasteiger charge is 2.37. The first-order valence-electron chi connectivity index (χ1n) is 15.3. The van der Waals surface area contributed by atoms with Crippen LogP contribution in [0, 0.1) is 21.3 Å². The average molecular weight is 677 g/mol. The molecule has 0 aliphatic carbocycles. The van der Waals surface area contributed by atoms with Crippen molar-refractivity contribution >= 4 is 57.0 Å². The van der Waals surface area contributed by atoms with E-state index in [4.69, 9.17) is 21.1 Å². The van der Waals surface area contributed by atoms with Crippen LogP contribution in [0.3, 0.4) is 0 Å². The SMILES string of the molecule is CC(=O)OC1CN(c2cc(Cl)ccc2[N+](=O)[O-])CCC1n1c(=N)n(Cc2cccc3c2ccn3C(=O)OC(C)(C)C)c2ccc(F)cc21. The lowest BCUT2D eigenvalue weighted by Crippen LogP contribution is -2.49. The normalized spacial score (nSPS) is 16.8. The molecule has 2 atom stereocenters. The number of benzene rings is 3. The number of nitrogens with zero attached hydrogens (tertiary/aromatic N) is 5. The lowest BCUT2D eigenvalue weighted by molar-refractivity contribution is -0.384. The number of imidazole rings is 1. The number of aromatic nitrogens is 3. The van der Waals surface area contributed by atoms with Crippen LogP contribution in [0.25, 0.3) is 21.9 Å². The van der Waals surface area contributed by atoms with Crippen molar-refractivity contribution in [1.29, 1.82) is 5.41 Å². The third-order valence-corrected chi connectivity index (χ3v) is 8.60. The van der Waals surface area contributed by atoms with Crippen LogP contribution in [0.1, 0.15) is 45.7 Å². The highest BCUT2D eigenvalue weighted by atomic mass is 35.5. The first-order valence-corrected chi connectivity index (χ1v) is 15.7. The molecule has 2 aromatic heterocycles. The number of hydrogen-bond donors (Lipinski definition) is 1. The summed E-state index contributed by atoms with van der Waals surface area (Å²) in [6.45, 7) is 7.28. The van der Waals surface area contributed by atoms with E-state index in [1.165, 1.54) is 41.8 Å². The molecule has 0 spiro atoms.